The molecule has 2 aromatic rings. The molecule has 0 aliphatic carbocycles. The Morgan fingerprint density at radius 1 is 0.778 bits per heavy atom. The standard InChI is InChI=1S/C20H22N4O3/c1-15-3-7-17(8-4-15)11-21-23-19(25)13-27-14-20(26)24-22-12-18-9-5-16(2)6-10-18/h3-12H,13-14H2,1-2H3,(H,23,25)(H,24,26)/b21-11+,22-12+. The van der Waals surface area contributed by atoms with Gasteiger partial charge < -0.3 is 4.74 Å². The Bertz CT molecular complexity index is 743. The molecule has 7 nitrogen and oxygen atoms in total. The van der Waals surface area contributed by atoms with Gasteiger partial charge >= 0.3 is 0 Å². The smallest absolute Gasteiger partial charge is 0.266 e. The van der Waals surface area contributed by atoms with E-state index < -0.39 is 11.8 Å². The Morgan fingerprint density at radius 3 is 1.52 bits per heavy atom. The quantitative estimate of drug-likeness (QED) is 0.552. The molecule has 0 radical (unpaired) electrons. The number of aryl methyl sites for hydroxylation is 2. The molecule has 2 N–H and O–H groups in total. The van der Waals surface area contributed by atoms with Crippen LogP contribution in [0.3, 0.4) is 0 Å². The topological polar surface area (TPSA) is 92.1 Å². The van der Waals surface area contributed by atoms with Gasteiger partial charge in [0.25, 0.3) is 11.8 Å². The molecule has 0 aromatic heterocycles. The number of hydrogen-bond acceptors (Lipinski definition) is 5. The molecule has 7 heteroatoms. The SMILES string of the molecule is Cc1ccc(/C=N/NC(=O)COCC(=O)N/N=C/c2ccc(C)cc2)cc1. The molecule has 2 rings (SSSR count). The van der Waals surface area contributed by atoms with E-state index in [1.54, 1.807) is 0 Å². The molecule has 0 bridgehead atoms. The van der Waals surface area contributed by atoms with Crippen LogP contribution in [0.4, 0.5) is 0 Å². The molecule has 0 saturated heterocycles. The number of ether oxygens (including phenoxy) is 1. The highest BCUT2D eigenvalue weighted by atomic mass is 16.5. The molecule has 2 aromatic carbocycles. The van der Waals surface area contributed by atoms with Crippen molar-refractivity contribution in [2.45, 2.75) is 13.8 Å². The second kappa shape index (κ2) is 10.6. The summed E-state index contributed by atoms with van der Waals surface area (Å²) in [7, 11) is 0. The molecule has 0 spiro atoms. The van der Waals surface area contributed by atoms with Crippen LogP contribution in [0.2, 0.25) is 0 Å². The lowest BCUT2D eigenvalue weighted by Gasteiger charge is -2.02. The summed E-state index contributed by atoms with van der Waals surface area (Å²) in [6, 6.07) is 15.4. The summed E-state index contributed by atoms with van der Waals surface area (Å²) >= 11 is 0. The fraction of sp³-hybridized carbons (Fsp3) is 0.200. The average Bonchev–Trinajstić information content (AvgIpc) is 2.65. The Hall–Kier alpha value is -3.32. The molecule has 0 saturated carbocycles. The molecule has 0 fully saturated rings. The number of amides is 2. The number of rotatable bonds is 8. The number of carbonyl (C=O) groups is 2. The van der Waals surface area contributed by atoms with Crippen LogP contribution in [-0.2, 0) is 14.3 Å². The van der Waals surface area contributed by atoms with E-state index in [1.165, 1.54) is 12.4 Å². The van der Waals surface area contributed by atoms with Crippen LogP contribution in [0.25, 0.3) is 0 Å². The van der Waals surface area contributed by atoms with Gasteiger partial charge in [-0.15, -0.1) is 0 Å². The Balaban J connectivity index is 1.61. The van der Waals surface area contributed by atoms with Crippen molar-refractivity contribution in [1.29, 1.82) is 0 Å². The second-order valence-corrected chi connectivity index (χ2v) is 5.90. The first-order chi connectivity index (χ1) is 13.0. The van der Waals surface area contributed by atoms with Gasteiger partial charge in [-0.25, -0.2) is 10.9 Å². The largest absolute Gasteiger partial charge is 0.362 e. The summed E-state index contributed by atoms with van der Waals surface area (Å²) in [5.41, 5.74) is 8.69. The van der Waals surface area contributed by atoms with Crippen molar-refractivity contribution in [3.05, 3.63) is 70.8 Å². The first-order valence-corrected chi connectivity index (χ1v) is 8.38. The first kappa shape index (κ1) is 20.0. The highest BCUT2D eigenvalue weighted by molar-refractivity contribution is 5.84. The minimum atomic E-state index is -0.450. The van der Waals surface area contributed by atoms with Gasteiger partial charge in [0.2, 0.25) is 0 Å². The summed E-state index contributed by atoms with van der Waals surface area (Å²) in [5, 5.41) is 7.66. The number of carbonyl (C=O) groups excluding carboxylic acids is 2. The average molecular weight is 366 g/mol. The summed E-state index contributed by atoms with van der Waals surface area (Å²) in [4.78, 5) is 23.2. The summed E-state index contributed by atoms with van der Waals surface area (Å²) in [6.07, 6.45) is 3.06. The highest BCUT2D eigenvalue weighted by Gasteiger charge is 2.03. The first-order valence-electron chi connectivity index (χ1n) is 8.38. The van der Waals surface area contributed by atoms with E-state index in [0.29, 0.717) is 0 Å². The monoisotopic (exact) mass is 366 g/mol. The maximum absolute atomic E-state index is 11.6. The van der Waals surface area contributed by atoms with E-state index in [4.69, 9.17) is 4.74 Å². The zero-order valence-corrected chi connectivity index (χ0v) is 15.3. The molecule has 27 heavy (non-hydrogen) atoms. The summed E-state index contributed by atoms with van der Waals surface area (Å²) in [5.74, 6) is -0.899. The van der Waals surface area contributed by atoms with Gasteiger partial charge in [0.05, 0.1) is 12.4 Å². The number of nitrogens with one attached hydrogen (secondary N) is 2. The molecular formula is C20H22N4O3. The molecule has 0 heterocycles. The molecule has 0 unspecified atom stereocenters. The van der Waals surface area contributed by atoms with Crippen LogP contribution in [0.5, 0.6) is 0 Å². The Kier molecular flexibility index (Phi) is 7.87. The molecular weight excluding hydrogens is 344 g/mol. The van der Waals surface area contributed by atoms with Crippen molar-refractivity contribution >= 4 is 24.2 Å². The van der Waals surface area contributed by atoms with E-state index in [2.05, 4.69) is 21.1 Å². The Labute approximate surface area is 158 Å². The summed E-state index contributed by atoms with van der Waals surface area (Å²) in [6.45, 7) is 3.43. The van der Waals surface area contributed by atoms with Crippen LogP contribution in [0, 0.1) is 13.8 Å². The van der Waals surface area contributed by atoms with E-state index >= 15 is 0 Å². The van der Waals surface area contributed by atoms with Gasteiger partial charge in [-0.05, 0) is 25.0 Å². The lowest BCUT2D eigenvalue weighted by Crippen LogP contribution is -2.28. The fourth-order valence-electron chi connectivity index (χ4n) is 1.96. The number of benzene rings is 2. The van der Waals surface area contributed by atoms with Crippen molar-refractivity contribution in [3.8, 4) is 0 Å². The van der Waals surface area contributed by atoms with Crippen molar-refractivity contribution in [3.63, 3.8) is 0 Å². The third-order valence-corrected chi connectivity index (χ3v) is 3.43. The van der Waals surface area contributed by atoms with Gasteiger partial charge in [-0.3, -0.25) is 9.59 Å². The summed E-state index contributed by atoms with van der Waals surface area (Å²) < 4.78 is 5.02. The highest BCUT2D eigenvalue weighted by Crippen LogP contribution is 2.00. The van der Waals surface area contributed by atoms with Crippen molar-refractivity contribution < 1.29 is 14.3 Å². The van der Waals surface area contributed by atoms with Crippen LogP contribution < -0.4 is 10.9 Å². The number of hydrazone groups is 2. The zero-order chi connectivity index (χ0) is 19.5. The van der Waals surface area contributed by atoms with Crippen molar-refractivity contribution in [1.82, 2.24) is 10.9 Å². The van der Waals surface area contributed by atoms with Gasteiger partial charge in [0.15, 0.2) is 0 Å². The minimum Gasteiger partial charge on any atom is -0.362 e. The third-order valence-electron chi connectivity index (χ3n) is 3.43. The van der Waals surface area contributed by atoms with E-state index in [-0.39, 0.29) is 13.2 Å². The van der Waals surface area contributed by atoms with E-state index in [0.717, 1.165) is 22.3 Å². The third kappa shape index (κ3) is 8.06. The maximum atomic E-state index is 11.6. The molecule has 0 aliphatic heterocycles. The number of nitrogens with zero attached hydrogens (tertiary/aromatic N) is 2. The number of hydrogen-bond donors (Lipinski definition) is 2. The van der Waals surface area contributed by atoms with Crippen LogP contribution in [-0.4, -0.2) is 37.5 Å². The van der Waals surface area contributed by atoms with Crippen molar-refractivity contribution in [2.75, 3.05) is 13.2 Å². The lowest BCUT2D eigenvalue weighted by molar-refractivity contribution is -0.130. The normalized spacial score (nSPS) is 11.0. The van der Waals surface area contributed by atoms with Crippen LogP contribution in [0.15, 0.2) is 58.7 Å². The van der Waals surface area contributed by atoms with Gasteiger partial charge in [0.1, 0.15) is 13.2 Å². The fourth-order valence-corrected chi connectivity index (χ4v) is 1.96. The van der Waals surface area contributed by atoms with Gasteiger partial charge in [-0.1, -0.05) is 59.7 Å². The maximum Gasteiger partial charge on any atom is 0.266 e. The zero-order valence-electron chi connectivity index (χ0n) is 15.3. The molecule has 140 valence electrons. The predicted octanol–water partition coefficient (Wildman–Crippen LogP) is 1.92. The van der Waals surface area contributed by atoms with E-state index in [9.17, 15) is 9.59 Å². The van der Waals surface area contributed by atoms with E-state index in [1.807, 2.05) is 62.4 Å². The predicted molar refractivity (Wildman–Crippen MR) is 105 cm³/mol. The van der Waals surface area contributed by atoms with Crippen LogP contribution in [0.1, 0.15) is 22.3 Å². The van der Waals surface area contributed by atoms with Crippen molar-refractivity contribution in [2.24, 2.45) is 10.2 Å². The van der Waals surface area contributed by atoms with Gasteiger partial charge in [0, 0.05) is 0 Å². The molecule has 2 amide bonds. The molecule has 0 aliphatic rings. The van der Waals surface area contributed by atoms with Gasteiger partial charge in [-0.2, -0.15) is 10.2 Å². The van der Waals surface area contributed by atoms with Crippen LogP contribution >= 0.6 is 0 Å². The minimum absolute atomic E-state index is 0.277. The lowest BCUT2D eigenvalue weighted by atomic mass is 10.2. The Morgan fingerprint density at radius 2 is 1.15 bits per heavy atom. The molecule has 0 atom stereocenters. The second-order valence-electron chi connectivity index (χ2n) is 5.90.